The van der Waals surface area contributed by atoms with Gasteiger partial charge in [0, 0.05) is 6.54 Å². The van der Waals surface area contributed by atoms with E-state index in [9.17, 15) is 4.79 Å². The number of amides is 1. The van der Waals surface area contributed by atoms with Crippen molar-refractivity contribution in [1.82, 2.24) is 0 Å². The lowest BCUT2D eigenvalue weighted by molar-refractivity contribution is -0.116. The van der Waals surface area contributed by atoms with Crippen molar-refractivity contribution in [2.24, 2.45) is 0 Å². The first-order valence-corrected chi connectivity index (χ1v) is 10.1. The fourth-order valence-corrected chi connectivity index (χ4v) is 5.45. The molecule has 1 saturated heterocycles. The van der Waals surface area contributed by atoms with Crippen LogP contribution in [0.4, 0.5) is 5.69 Å². The summed E-state index contributed by atoms with van der Waals surface area (Å²) >= 11 is 9.71. The lowest BCUT2D eigenvalue weighted by Crippen LogP contribution is -2.38. The summed E-state index contributed by atoms with van der Waals surface area (Å²) in [5.41, 5.74) is 1.99. The van der Waals surface area contributed by atoms with Gasteiger partial charge in [0.15, 0.2) is 0 Å². The van der Waals surface area contributed by atoms with Gasteiger partial charge in [0.25, 0.3) is 0 Å². The predicted octanol–water partition coefficient (Wildman–Crippen LogP) is 4.03. The zero-order valence-electron chi connectivity index (χ0n) is 13.0. The average Bonchev–Trinajstić information content (AvgIpc) is 2.59. The number of halogens is 1. The fourth-order valence-electron chi connectivity index (χ4n) is 2.51. The second kappa shape index (κ2) is 8.94. The molecule has 1 aromatic carbocycles. The fraction of sp³-hybridized carbons (Fsp3) is 0.562. The van der Waals surface area contributed by atoms with Gasteiger partial charge >= 0.3 is 0 Å². The molecule has 1 fully saturated rings. The Morgan fingerprint density at radius 3 is 2.73 bits per heavy atom. The highest BCUT2D eigenvalue weighted by Crippen LogP contribution is 2.37. The molecule has 1 amide bonds. The summed E-state index contributed by atoms with van der Waals surface area (Å²) < 4.78 is 5.90. The Morgan fingerprint density at radius 1 is 1.41 bits per heavy atom. The van der Waals surface area contributed by atoms with Crippen molar-refractivity contribution < 1.29 is 9.53 Å². The Bertz CT molecular complexity index is 485. The minimum atomic E-state index is -0.0624. The first-order chi connectivity index (χ1) is 10.7. The molecule has 0 aromatic heterocycles. The minimum absolute atomic E-state index is 0.0107. The van der Waals surface area contributed by atoms with Gasteiger partial charge in [-0.1, -0.05) is 19.1 Å². The number of aryl methyl sites for hydroxylation is 1. The minimum Gasteiger partial charge on any atom is -0.495 e. The molecule has 0 N–H and O–H groups in total. The van der Waals surface area contributed by atoms with E-state index in [1.165, 1.54) is 6.42 Å². The van der Waals surface area contributed by atoms with Gasteiger partial charge in [0.2, 0.25) is 5.91 Å². The molecule has 2 rings (SSSR count). The zero-order valence-corrected chi connectivity index (χ0v) is 15.4. The number of hydrogen-bond donors (Lipinski definition) is 0. The number of nitrogens with zero attached hydrogens (tertiary/aromatic N) is 1. The number of para-hydroxylation sites is 1. The highest BCUT2D eigenvalue weighted by atomic mass is 35.5. The normalized spacial score (nSPS) is 15.6. The third kappa shape index (κ3) is 4.27. The van der Waals surface area contributed by atoms with Gasteiger partial charge in [-0.25, -0.2) is 0 Å². The monoisotopic (exact) mass is 359 g/mol. The number of anilines is 1. The number of carbonyl (C=O) groups is 1. The molecular weight excluding hydrogens is 338 g/mol. The number of hydrogen-bond acceptors (Lipinski definition) is 4. The van der Waals surface area contributed by atoms with Crippen molar-refractivity contribution in [3.63, 3.8) is 0 Å². The first-order valence-electron chi connectivity index (χ1n) is 7.46. The number of thioether (sulfide) groups is 2. The van der Waals surface area contributed by atoms with E-state index in [-0.39, 0.29) is 11.8 Å². The van der Waals surface area contributed by atoms with Gasteiger partial charge in [-0.15, -0.1) is 35.1 Å². The average molecular weight is 360 g/mol. The van der Waals surface area contributed by atoms with Crippen molar-refractivity contribution in [1.29, 1.82) is 0 Å². The molecule has 0 spiro atoms. The molecule has 0 saturated carbocycles. The summed E-state index contributed by atoms with van der Waals surface area (Å²) in [5, 5.41) is 0. The SMILES string of the molecule is CCc1cccc(OC)c1N(CC1SCCCS1)C(=O)CCl. The summed E-state index contributed by atoms with van der Waals surface area (Å²) in [5.74, 6) is 2.99. The van der Waals surface area contributed by atoms with Gasteiger partial charge in [-0.05, 0) is 36.0 Å². The van der Waals surface area contributed by atoms with Crippen LogP contribution in [0.2, 0.25) is 0 Å². The van der Waals surface area contributed by atoms with Gasteiger partial charge in [0.05, 0.1) is 17.4 Å². The number of carbonyl (C=O) groups excluding carboxylic acids is 1. The second-order valence-electron chi connectivity index (χ2n) is 4.98. The summed E-state index contributed by atoms with van der Waals surface area (Å²) in [6.45, 7) is 2.76. The third-order valence-electron chi connectivity index (χ3n) is 3.60. The van der Waals surface area contributed by atoms with E-state index < -0.39 is 0 Å². The maximum absolute atomic E-state index is 12.4. The molecule has 0 radical (unpaired) electrons. The summed E-state index contributed by atoms with van der Waals surface area (Å²) in [6.07, 6.45) is 2.09. The Kier molecular flexibility index (Phi) is 7.25. The molecule has 0 aliphatic carbocycles. The molecule has 3 nitrogen and oxygen atoms in total. The standard InChI is InChI=1S/C16H22ClNO2S2/c1-3-12-6-4-7-13(20-2)16(12)18(14(19)10-17)11-15-21-8-5-9-22-15/h4,6-7,15H,3,5,8-11H2,1-2H3. The van der Waals surface area contributed by atoms with Gasteiger partial charge in [0.1, 0.15) is 11.6 Å². The second-order valence-corrected chi connectivity index (χ2v) is 8.17. The third-order valence-corrected chi connectivity index (χ3v) is 6.73. The van der Waals surface area contributed by atoms with Crippen LogP contribution in [0.15, 0.2) is 18.2 Å². The lowest BCUT2D eigenvalue weighted by atomic mass is 10.1. The van der Waals surface area contributed by atoms with Gasteiger partial charge in [-0.3, -0.25) is 4.79 Å². The van der Waals surface area contributed by atoms with E-state index in [1.54, 1.807) is 7.11 Å². The van der Waals surface area contributed by atoms with Crippen LogP contribution in [-0.2, 0) is 11.2 Å². The van der Waals surface area contributed by atoms with Crippen molar-refractivity contribution in [3.05, 3.63) is 23.8 Å². The van der Waals surface area contributed by atoms with Gasteiger partial charge < -0.3 is 9.64 Å². The number of benzene rings is 1. The van der Waals surface area contributed by atoms with E-state index in [0.717, 1.165) is 34.9 Å². The van der Waals surface area contributed by atoms with Crippen LogP contribution >= 0.6 is 35.1 Å². The number of ether oxygens (including phenoxy) is 1. The molecule has 122 valence electrons. The Morgan fingerprint density at radius 2 is 2.14 bits per heavy atom. The van der Waals surface area contributed by atoms with Crippen molar-refractivity contribution in [3.8, 4) is 5.75 Å². The molecule has 6 heteroatoms. The number of alkyl halides is 1. The number of methoxy groups -OCH3 is 1. The summed E-state index contributed by atoms with van der Waals surface area (Å²) in [4.78, 5) is 14.3. The van der Waals surface area contributed by atoms with Crippen LogP contribution in [0.3, 0.4) is 0 Å². The van der Waals surface area contributed by atoms with Crippen molar-refractivity contribution >= 4 is 46.7 Å². The van der Waals surface area contributed by atoms with Crippen molar-refractivity contribution in [2.75, 3.05) is 35.9 Å². The van der Waals surface area contributed by atoms with Crippen LogP contribution < -0.4 is 9.64 Å². The molecular formula is C16H22ClNO2S2. The number of rotatable bonds is 6. The molecule has 0 bridgehead atoms. The van der Waals surface area contributed by atoms with Crippen LogP contribution in [0, 0.1) is 0 Å². The molecule has 1 aromatic rings. The van der Waals surface area contributed by atoms with Crippen LogP contribution in [0.5, 0.6) is 5.75 Å². The largest absolute Gasteiger partial charge is 0.495 e. The van der Waals surface area contributed by atoms with Crippen LogP contribution in [-0.4, -0.2) is 41.5 Å². The summed E-state index contributed by atoms with van der Waals surface area (Å²) in [7, 11) is 1.64. The van der Waals surface area contributed by atoms with E-state index in [2.05, 4.69) is 6.92 Å². The molecule has 0 unspecified atom stereocenters. The quantitative estimate of drug-likeness (QED) is 0.717. The molecule has 0 atom stereocenters. The molecule has 1 aliphatic rings. The summed E-state index contributed by atoms with van der Waals surface area (Å²) in [6, 6.07) is 5.92. The lowest BCUT2D eigenvalue weighted by Gasteiger charge is -2.31. The van der Waals surface area contributed by atoms with Crippen LogP contribution in [0.25, 0.3) is 0 Å². The zero-order chi connectivity index (χ0) is 15.9. The van der Waals surface area contributed by atoms with E-state index >= 15 is 0 Å². The maximum Gasteiger partial charge on any atom is 0.242 e. The predicted molar refractivity (Wildman–Crippen MR) is 98.8 cm³/mol. The molecule has 1 aliphatic heterocycles. The van der Waals surface area contributed by atoms with E-state index in [1.807, 2.05) is 46.6 Å². The Labute approximate surface area is 146 Å². The van der Waals surface area contributed by atoms with E-state index in [0.29, 0.717) is 11.1 Å². The highest BCUT2D eigenvalue weighted by Gasteiger charge is 2.26. The van der Waals surface area contributed by atoms with Gasteiger partial charge in [-0.2, -0.15) is 0 Å². The molecule has 22 heavy (non-hydrogen) atoms. The highest BCUT2D eigenvalue weighted by molar-refractivity contribution is 8.17. The van der Waals surface area contributed by atoms with Crippen molar-refractivity contribution in [2.45, 2.75) is 24.3 Å². The first kappa shape index (κ1) is 17.8. The molecule has 1 heterocycles. The topological polar surface area (TPSA) is 29.5 Å². The Balaban J connectivity index is 2.34. The smallest absolute Gasteiger partial charge is 0.242 e. The van der Waals surface area contributed by atoms with E-state index in [4.69, 9.17) is 16.3 Å². The Hall–Kier alpha value is -0.520. The maximum atomic E-state index is 12.4. The van der Waals surface area contributed by atoms with Crippen LogP contribution in [0.1, 0.15) is 18.9 Å².